The lowest BCUT2D eigenvalue weighted by Crippen LogP contribution is -2.39. The summed E-state index contributed by atoms with van der Waals surface area (Å²) in [4.78, 5) is 29.8. The predicted molar refractivity (Wildman–Crippen MR) is 125 cm³/mol. The van der Waals surface area contributed by atoms with Gasteiger partial charge in [0.1, 0.15) is 10.1 Å². The van der Waals surface area contributed by atoms with E-state index in [1.165, 1.54) is 15.9 Å². The molecule has 3 aliphatic heterocycles. The zero-order valence-electron chi connectivity index (χ0n) is 16.7. The molecule has 0 saturated carbocycles. The molecule has 1 atom stereocenters. The van der Waals surface area contributed by atoms with Crippen molar-refractivity contribution in [3.05, 3.63) is 70.4 Å². The monoisotopic (exact) mass is 488 g/mol. The van der Waals surface area contributed by atoms with Gasteiger partial charge in [-0.25, -0.2) is 12.8 Å². The second-order valence-electron chi connectivity index (χ2n) is 7.80. The minimum Gasteiger partial charge on any atom is -0.303 e. The number of hydrogen-bond donors (Lipinski definition) is 0. The first-order chi connectivity index (χ1) is 15.3. The first-order valence-electron chi connectivity index (χ1n) is 9.91. The second-order valence-corrected chi connectivity index (χ2v) is 11.7. The van der Waals surface area contributed by atoms with E-state index < -0.39 is 33.5 Å². The minimum atomic E-state index is -3.21. The Kier molecular flexibility index (Phi) is 5.18. The third-order valence-electron chi connectivity index (χ3n) is 5.81. The molecule has 3 heterocycles. The fraction of sp³-hybridized carbons (Fsp3) is 0.227. The van der Waals surface area contributed by atoms with Crippen molar-refractivity contribution < 1.29 is 22.4 Å². The number of nitrogens with zero attached hydrogens (tertiary/aromatic N) is 2. The Hall–Kier alpha value is -2.56. The first-order valence-corrected chi connectivity index (χ1v) is 13.0. The number of thiocarbonyl (C=S) groups is 1. The van der Waals surface area contributed by atoms with Crippen molar-refractivity contribution in [2.45, 2.75) is 19.0 Å². The first kappa shape index (κ1) is 21.3. The number of benzene rings is 2. The maximum Gasteiger partial charge on any atom is 0.267 e. The van der Waals surface area contributed by atoms with Gasteiger partial charge >= 0.3 is 0 Å². The number of carbonyl (C=O) groups excluding carboxylic acids is 2. The number of thioether (sulfide) groups is 1. The van der Waals surface area contributed by atoms with Crippen LogP contribution in [0.15, 0.2) is 53.4 Å². The van der Waals surface area contributed by atoms with E-state index in [1.54, 1.807) is 42.5 Å². The van der Waals surface area contributed by atoms with Gasteiger partial charge in [0.15, 0.2) is 9.84 Å². The van der Waals surface area contributed by atoms with Crippen LogP contribution in [0.3, 0.4) is 0 Å². The van der Waals surface area contributed by atoms with E-state index in [0.29, 0.717) is 23.2 Å². The molecule has 3 aliphatic rings. The van der Waals surface area contributed by atoms with Crippen molar-refractivity contribution >= 4 is 61.2 Å². The molecule has 5 rings (SSSR count). The second kappa shape index (κ2) is 7.79. The summed E-state index contributed by atoms with van der Waals surface area (Å²) in [5, 5.41) is 0. The number of amides is 2. The third kappa shape index (κ3) is 3.46. The molecule has 164 valence electrons. The topological polar surface area (TPSA) is 74.8 Å². The smallest absolute Gasteiger partial charge is 0.267 e. The molecule has 0 bridgehead atoms. The highest BCUT2D eigenvalue weighted by Crippen LogP contribution is 2.46. The highest BCUT2D eigenvalue weighted by atomic mass is 32.2. The van der Waals surface area contributed by atoms with Crippen LogP contribution in [0.5, 0.6) is 0 Å². The van der Waals surface area contributed by atoms with E-state index in [1.807, 2.05) is 0 Å². The predicted octanol–water partition coefficient (Wildman–Crippen LogP) is 3.13. The number of anilines is 1. The Bertz CT molecular complexity index is 1320. The van der Waals surface area contributed by atoms with Crippen molar-refractivity contribution in [1.29, 1.82) is 0 Å². The molecule has 0 unspecified atom stereocenters. The number of fused-ring (bicyclic) bond motifs is 1. The van der Waals surface area contributed by atoms with Crippen LogP contribution in [0.2, 0.25) is 0 Å². The molecule has 2 fully saturated rings. The van der Waals surface area contributed by atoms with E-state index in [-0.39, 0.29) is 32.8 Å². The van der Waals surface area contributed by atoms with Crippen molar-refractivity contribution in [3.63, 3.8) is 0 Å². The van der Waals surface area contributed by atoms with Gasteiger partial charge in [0, 0.05) is 11.1 Å². The standard InChI is InChI=1S/C22H17FN2O4S3/c23-16-7-3-1-5-13(16)11-24-17-8-4-2-6-15(17)18(20(24)26)19-21(27)25(22(30)31-19)14-9-10-32(28,29)12-14/h1-8,14H,9-12H2/b19-18-/t14-/m1/s1. The third-order valence-corrected chi connectivity index (χ3v) is 8.96. The van der Waals surface area contributed by atoms with Crippen LogP contribution in [-0.2, 0) is 26.0 Å². The number of carbonyl (C=O) groups is 2. The van der Waals surface area contributed by atoms with Crippen molar-refractivity contribution in [1.82, 2.24) is 4.90 Å². The molecular weight excluding hydrogens is 471 g/mol. The fourth-order valence-corrected chi connectivity index (χ4v) is 7.45. The fourth-order valence-electron chi connectivity index (χ4n) is 4.28. The van der Waals surface area contributed by atoms with Crippen LogP contribution in [0.25, 0.3) is 5.57 Å². The van der Waals surface area contributed by atoms with E-state index in [9.17, 15) is 22.4 Å². The molecule has 6 nitrogen and oxygen atoms in total. The lowest BCUT2D eigenvalue weighted by Gasteiger charge is -2.21. The SMILES string of the molecule is O=C1/C(=C2\SC(=S)N([C@@H]3CCS(=O)(=O)C3)C2=O)c2ccccc2N1Cc1ccccc1F. The van der Waals surface area contributed by atoms with Gasteiger partial charge in [-0.05, 0) is 18.6 Å². The van der Waals surface area contributed by atoms with Crippen LogP contribution in [0.1, 0.15) is 17.5 Å². The largest absolute Gasteiger partial charge is 0.303 e. The Morgan fingerprint density at radius 3 is 2.50 bits per heavy atom. The van der Waals surface area contributed by atoms with Gasteiger partial charge < -0.3 is 4.90 Å². The van der Waals surface area contributed by atoms with Crippen molar-refractivity contribution in [2.24, 2.45) is 0 Å². The number of hydrogen-bond acceptors (Lipinski definition) is 6. The summed E-state index contributed by atoms with van der Waals surface area (Å²) < 4.78 is 38.3. The molecule has 0 spiro atoms. The number of halogens is 1. The molecule has 32 heavy (non-hydrogen) atoms. The quantitative estimate of drug-likeness (QED) is 0.488. The molecule has 0 aromatic heterocycles. The average molecular weight is 489 g/mol. The van der Waals surface area contributed by atoms with Gasteiger partial charge in [-0.1, -0.05) is 60.4 Å². The summed E-state index contributed by atoms with van der Waals surface area (Å²) in [5.41, 5.74) is 1.75. The van der Waals surface area contributed by atoms with Gasteiger partial charge in [-0.3, -0.25) is 14.5 Å². The number of rotatable bonds is 3. The average Bonchev–Trinajstić information content (AvgIpc) is 3.34. The molecule has 0 radical (unpaired) electrons. The van der Waals surface area contributed by atoms with Gasteiger partial charge in [-0.15, -0.1) is 0 Å². The molecule has 2 saturated heterocycles. The highest BCUT2D eigenvalue weighted by Gasteiger charge is 2.46. The molecule has 0 N–H and O–H groups in total. The van der Waals surface area contributed by atoms with E-state index >= 15 is 0 Å². The van der Waals surface area contributed by atoms with Gasteiger partial charge in [-0.2, -0.15) is 0 Å². The summed E-state index contributed by atoms with van der Waals surface area (Å²) in [6.07, 6.45) is 0.321. The maximum absolute atomic E-state index is 14.3. The summed E-state index contributed by atoms with van der Waals surface area (Å²) in [6.45, 7) is 0.0210. The molecule has 0 aliphatic carbocycles. The van der Waals surface area contributed by atoms with Crippen molar-refractivity contribution in [3.8, 4) is 0 Å². The molecule has 2 aromatic rings. The van der Waals surface area contributed by atoms with Crippen LogP contribution in [-0.4, -0.2) is 47.0 Å². The Morgan fingerprint density at radius 2 is 1.78 bits per heavy atom. The van der Waals surface area contributed by atoms with Gasteiger partial charge in [0.25, 0.3) is 11.8 Å². The molecule has 2 aromatic carbocycles. The van der Waals surface area contributed by atoms with Crippen molar-refractivity contribution in [2.75, 3.05) is 16.4 Å². The Balaban J connectivity index is 1.55. The van der Waals surface area contributed by atoms with Gasteiger partial charge in [0.2, 0.25) is 0 Å². The number of sulfone groups is 1. The van der Waals surface area contributed by atoms with Gasteiger partial charge in [0.05, 0.1) is 40.3 Å². The lowest BCUT2D eigenvalue weighted by molar-refractivity contribution is -0.123. The lowest BCUT2D eigenvalue weighted by atomic mass is 10.1. The van der Waals surface area contributed by atoms with E-state index in [0.717, 1.165) is 11.8 Å². The van der Waals surface area contributed by atoms with Crippen LogP contribution < -0.4 is 4.90 Å². The molecular formula is C22H17FN2O4S3. The normalized spacial score (nSPS) is 24.5. The zero-order chi connectivity index (χ0) is 22.6. The van der Waals surface area contributed by atoms with Crippen LogP contribution >= 0.6 is 24.0 Å². The highest BCUT2D eigenvalue weighted by molar-refractivity contribution is 8.26. The molecule has 2 amide bonds. The summed E-state index contributed by atoms with van der Waals surface area (Å²) in [6, 6.07) is 12.8. The Morgan fingerprint density at radius 1 is 1.06 bits per heavy atom. The van der Waals surface area contributed by atoms with E-state index in [4.69, 9.17) is 12.2 Å². The summed E-state index contributed by atoms with van der Waals surface area (Å²) in [7, 11) is -3.21. The van der Waals surface area contributed by atoms with Crippen LogP contribution in [0, 0.1) is 5.82 Å². The summed E-state index contributed by atoms with van der Waals surface area (Å²) >= 11 is 6.41. The maximum atomic E-state index is 14.3. The minimum absolute atomic E-state index is 0.0127. The Labute approximate surface area is 194 Å². The zero-order valence-corrected chi connectivity index (χ0v) is 19.1. The van der Waals surface area contributed by atoms with Crippen LogP contribution in [0.4, 0.5) is 10.1 Å². The molecule has 10 heteroatoms. The number of para-hydroxylation sites is 1. The summed E-state index contributed by atoms with van der Waals surface area (Å²) in [5.74, 6) is -1.40. The van der Waals surface area contributed by atoms with E-state index in [2.05, 4.69) is 0 Å².